The van der Waals surface area contributed by atoms with E-state index in [1.807, 2.05) is 11.8 Å². The van der Waals surface area contributed by atoms with Crippen molar-refractivity contribution in [3.05, 3.63) is 21.6 Å². The third-order valence-electron chi connectivity index (χ3n) is 6.79. The summed E-state index contributed by atoms with van der Waals surface area (Å²) in [5, 5.41) is 3.71. The Bertz CT molecular complexity index is 857. The number of morpholine rings is 1. The number of nitrogens with zero attached hydrogens (tertiary/aromatic N) is 3. The number of ether oxygens (including phenoxy) is 1. The zero-order valence-electron chi connectivity index (χ0n) is 21.4. The molecule has 0 saturated carbocycles. The van der Waals surface area contributed by atoms with Crippen LogP contribution in [0.4, 0.5) is 5.95 Å². The minimum atomic E-state index is -0.138. The lowest BCUT2D eigenvalue weighted by atomic mass is 9.79. The van der Waals surface area contributed by atoms with Crippen molar-refractivity contribution < 1.29 is 9.53 Å². The van der Waals surface area contributed by atoms with Gasteiger partial charge in [-0.25, -0.2) is 4.98 Å². The average Bonchev–Trinajstić information content (AvgIpc) is 2.71. The first kappa shape index (κ1) is 25.7. The van der Waals surface area contributed by atoms with Crippen molar-refractivity contribution in [2.75, 3.05) is 37.7 Å². The van der Waals surface area contributed by atoms with E-state index in [1.165, 1.54) is 0 Å². The van der Waals surface area contributed by atoms with E-state index in [0.29, 0.717) is 43.3 Å². The summed E-state index contributed by atoms with van der Waals surface area (Å²) in [7, 11) is 0. The molecule has 33 heavy (non-hydrogen) atoms. The normalized spacial score (nSPS) is 20.6. The summed E-state index contributed by atoms with van der Waals surface area (Å²) in [5.74, 6) is 0.734. The Balaban J connectivity index is 1.72. The SMILES string of the molecule is CCCCN(C(=O)CCc1c(C)nc(N2CCOCC2)[nH]c1=O)C1CC(C)(C)NC(C)(C)C1. The Hall–Kier alpha value is -1.93. The van der Waals surface area contributed by atoms with Gasteiger partial charge in [0.25, 0.3) is 5.56 Å². The van der Waals surface area contributed by atoms with Gasteiger partial charge in [0, 0.05) is 54.4 Å². The van der Waals surface area contributed by atoms with E-state index in [2.05, 4.69) is 54.8 Å². The lowest BCUT2D eigenvalue weighted by molar-refractivity contribution is -0.135. The molecule has 2 saturated heterocycles. The number of anilines is 1. The Morgan fingerprint density at radius 2 is 1.82 bits per heavy atom. The van der Waals surface area contributed by atoms with Gasteiger partial charge in [-0.05, 0) is 60.3 Å². The number of amides is 1. The van der Waals surface area contributed by atoms with Crippen LogP contribution in [0.15, 0.2) is 4.79 Å². The van der Waals surface area contributed by atoms with E-state index in [-0.39, 0.29) is 28.6 Å². The largest absolute Gasteiger partial charge is 0.378 e. The van der Waals surface area contributed by atoms with Crippen molar-refractivity contribution in [3.63, 3.8) is 0 Å². The van der Waals surface area contributed by atoms with E-state index >= 15 is 0 Å². The molecule has 2 aliphatic heterocycles. The van der Waals surface area contributed by atoms with Crippen LogP contribution in [0.3, 0.4) is 0 Å². The molecule has 2 fully saturated rings. The maximum atomic E-state index is 13.4. The number of hydrogen-bond acceptors (Lipinski definition) is 6. The van der Waals surface area contributed by atoms with Gasteiger partial charge in [-0.1, -0.05) is 13.3 Å². The monoisotopic (exact) mass is 461 g/mol. The van der Waals surface area contributed by atoms with Gasteiger partial charge in [0.15, 0.2) is 0 Å². The van der Waals surface area contributed by atoms with Gasteiger partial charge >= 0.3 is 0 Å². The molecule has 0 aromatic carbocycles. The molecule has 1 aromatic heterocycles. The maximum Gasteiger partial charge on any atom is 0.255 e. The summed E-state index contributed by atoms with van der Waals surface area (Å²) in [6, 6.07) is 0.205. The molecule has 0 atom stereocenters. The Morgan fingerprint density at radius 3 is 2.39 bits per heavy atom. The van der Waals surface area contributed by atoms with Gasteiger partial charge in [-0.3, -0.25) is 14.6 Å². The van der Waals surface area contributed by atoms with E-state index in [9.17, 15) is 9.59 Å². The number of rotatable bonds is 8. The predicted molar refractivity (Wildman–Crippen MR) is 132 cm³/mol. The summed E-state index contributed by atoms with van der Waals surface area (Å²) in [5.41, 5.74) is 1.13. The van der Waals surface area contributed by atoms with Gasteiger partial charge in [0.2, 0.25) is 11.9 Å². The van der Waals surface area contributed by atoms with E-state index in [4.69, 9.17) is 4.74 Å². The minimum absolute atomic E-state index is 0.0237. The molecule has 3 rings (SSSR count). The number of piperidine rings is 1. The number of carbonyl (C=O) groups is 1. The summed E-state index contributed by atoms with van der Waals surface area (Å²) in [6.45, 7) is 16.4. The molecule has 8 nitrogen and oxygen atoms in total. The molecule has 0 bridgehead atoms. The van der Waals surface area contributed by atoms with Crippen LogP contribution in [0.1, 0.15) is 78.0 Å². The van der Waals surface area contributed by atoms with Gasteiger partial charge < -0.3 is 19.9 Å². The second-order valence-electron chi connectivity index (χ2n) is 10.9. The topological polar surface area (TPSA) is 90.6 Å². The first-order chi connectivity index (χ1) is 15.5. The van der Waals surface area contributed by atoms with Gasteiger partial charge in [-0.15, -0.1) is 0 Å². The fourth-order valence-corrected chi connectivity index (χ4v) is 5.52. The third-order valence-corrected chi connectivity index (χ3v) is 6.79. The zero-order chi connectivity index (χ0) is 24.2. The van der Waals surface area contributed by atoms with Crippen LogP contribution in [-0.2, 0) is 16.0 Å². The molecule has 186 valence electrons. The van der Waals surface area contributed by atoms with E-state index in [1.54, 1.807) is 0 Å². The van der Waals surface area contributed by atoms with Crippen molar-refractivity contribution >= 4 is 11.9 Å². The molecule has 0 spiro atoms. The van der Waals surface area contributed by atoms with Crippen LogP contribution in [-0.4, -0.2) is 70.7 Å². The highest BCUT2D eigenvalue weighted by atomic mass is 16.5. The van der Waals surface area contributed by atoms with Crippen LogP contribution in [0.25, 0.3) is 0 Å². The van der Waals surface area contributed by atoms with E-state index in [0.717, 1.165) is 45.3 Å². The zero-order valence-corrected chi connectivity index (χ0v) is 21.4. The number of nitrogens with one attached hydrogen (secondary N) is 2. The highest BCUT2D eigenvalue weighted by molar-refractivity contribution is 5.77. The molecule has 1 aromatic rings. The van der Waals surface area contributed by atoms with Crippen LogP contribution in [0.2, 0.25) is 0 Å². The molecule has 0 aliphatic carbocycles. The van der Waals surface area contributed by atoms with Crippen LogP contribution in [0.5, 0.6) is 0 Å². The van der Waals surface area contributed by atoms with Crippen molar-refractivity contribution in [3.8, 4) is 0 Å². The van der Waals surface area contributed by atoms with E-state index < -0.39 is 0 Å². The lowest BCUT2D eigenvalue weighted by Gasteiger charge is -2.49. The number of unbranched alkanes of at least 4 members (excludes halogenated alkanes) is 1. The van der Waals surface area contributed by atoms with Crippen molar-refractivity contribution in [1.82, 2.24) is 20.2 Å². The predicted octanol–water partition coefficient (Wildman–Crippen LogP) is 2.79. The van der Waals surface area contributed by atoms with Crippen LogP contribution in [0, 0.1) is 6.92 Å². The summed E-state index contributed by atoms with van der Waals surface area (Å²) < 4.78 is 5.39. The Morgan fingerprint density at radius 1 is 1.18 bits per heavy atom. The molecule has 8 heteroatoms. The number of hydrogen-bond donors (Lipinski definition) is 2. The fraction of sp³-hybridized carbons (Fsp3) is 0.800. The lowest BCUT2D eigenvalue weighted by Crippen LogP contribution is -2.62. The molecule has 0 unspecified atom stereocenters. The third kappa shape index (κ3) is 6.79. The summed E-state index contributed by atoms with van der Waals surface area (Å²) in [4.78, 5) is 38.0. The molecule has 1 amide bonds. The van der Waals surface area contributed by atoms with Gasteiger partial charge in [0.1, 0.15) is 0 Å². The second-order valence-corrected chi connectivity index (χ2v) is 10.9. The first-order valence-electron chi connectivity index (χ1n) is 12.5. The van der Waals surface area contributed by atoms with Gasteiger partial charge in [-0.2, -0.15) is 0 Å². The van der Waals surface area contributed by atoms with Crippen molar-refractivity contribution in [1.29, 1.82) is 0 Å². The maximum absolute atomic E-state index is 13.4. The molecule has 2 N–H and O–H groups in total. The standard InChI is InChI=1S/C25H43N5O3/c1-7-8-11-30(19-16-24(3,4)28-25(5,6)17-19)21(31)10-9-20-18(2)26-23(27-22(20)32)29-12-14-33-15-13-29/h19,28H,7-17H2,1-6H3,(H,26,27,32). The summed E-state index contributed by atoms with van der Waals surface area (Å²) >= 11 is 0. The second kappa shape index (κ2) is 10.6. The average molecular weight is 462 g/mol. The molecular weight excluding hydrogens is 418 g/mol. The molecular formula is C25H43N5O3. The number of aromatic nitrogens is 2. The number of aryl methyl sites for hydroxylation is 1. The first-order valence-corrected chi connectivity index (χ1v) is 12.5. The van der Waals surface area contributed by atoms with Crippen molar-refractivity contribution in [2.24, 2.45) is 0 Å². The van der Waals surface area contributed by atoms with Crippen LogP contribution >= 0.6 is 0 Å². The molecule has 0 radical (unpaired) electrons. The fourth-order valence-electron chi connectivity index (χ4n) is 5.52. The number of carbonyl (C=O) groups excluding carboxylic acids is 1. The number of aromatic amines is 1. The smallest absolute Gasteiger partial charge is 0.255 e. The molecule has 2 aliphatic rings. The van der Waals surface area contributed by atoms with Gasteiger partial charge in [0.05, 0.1) is 13.2 Å². The Labute approximate surface area is 198 Å². The highest BCUT2D eigenvalue weighted by Crippen LogP contribution is 2.32. The van der Waals surface area contributed by atoms with Crippen LogP contribution < -0.4 is 15.8 Å². The van der Waals surface area contributed by atoms with Crippen molar-refractivity contribution in [2.45, 2.75) is 97.2 Å². The quantitative estimate of drug-likeness (QED) is 0.619. The highest BCUT2D eigenvalue weighted by Gasteiger charge is 2.40. The Kier molecular flexibility index (Phi) is 8.22. The summed E-state index contributed by atoms with van der Waals surface area (Å²) in [6.07, 6.45) is 4.65. The number of H-pyrrole nitrogens is 1. The molecule has 3 heterocycles. The minimum Gasteiger partial charge on any atom is -0.378 e.